The van der Waals surface area contributed by atoms with E-state index in [-0.39, 0.29) is 23.9 Å². The second kappa shape index (κ2) is 6.10. The number of hydrogen-bond acceptors (Lipinski definition) is 8. The van der Waals surface area contributed by atoms with E-state index in [1.54, 1.807) is 18.2 Å². The van der Waals surface area contributed by atoms with Crippen LogP contribution in [0.4, 0.5) is 0 Å². The van der Waals surface area contributed by atoms with E-state index in [9.17, 15) is 8.42 Å². The standard InChI is InChI=1S/C17H15N3O6S/c21-27(22,12-3-4-13-15(8-12)25-7-6-24-13)20-9-11(10-20)17-18-16(19-26-17)14-2-1-5-23-14/h1-5,8,11H,6-7,9-10H2. The van der Waals surface area contributed by atoms with Crippen LogP contribution in [-0.2, 0) is 10.0 Å². The molecule has 0 N–H and O–H groups in total. The minimum Gasteiger partial charge on any atom is -0.486 e. The van der Waals surface area contributed by atoms with Crippen molar-refractivity contribution in [3.8, 4) is 23.1 Å². The molecule has 0 aliphatic carbocycles. The first-order valence-electron chi connectivity index (χ1n) is 8.38. The van der Waals surface area contributed by atoms with Gasteiger partial charge in [0.05, 0.1) is 17.1 Å². The van der Waals surface area contributed by atoms with E-state index in [4.69, 9.17) is 18.4 Å². The number of ether oxygens (including phenoxy) is 2. The number of benzene rings is 1. The molecule has 2 aromatic heterocycles. The van der Waals surface area contributed by atoms with Gasteiger partial charge in [0.15, 0.2) is 17.3 Å². The minimum atomic E-state index is -3.62. The molecule has 10 heteroatoms. The molecular formula is C17H15N3O6S. The molecule has 2 aliphatic rings. The van der Waals surface area contributed by atoms with E-state index in [0.29, 0.717) is 42.2 Å². The molecule has 0 amide bonds. The van der Waals surface area contributed by atoms with Crippen molar-refractivity contribution in [2.45, 2.75) is 10.8 Å². The van der Waals surface area contributed by atoms with Crippen LogP contribution >= 0.6 is 0 Å². The number of aromatic nitrogens is 2. The van der Waals surface area contributed by atoms with Gasteiger partial charge in [0.1, 0.15) is 13.2 Å². The average Bonchev–Trinajstić information content (AvgIpc) is 3.31. The minimum absolute atomic E-state index is 0.145. The van der Waals surface area contributed by atoms with E-state index in [0.717, 1.165) is 0 Å². The van der Waals surface area contributed by atoms with Crippen LogP contribution in [0.3, 0.4) is 0 Å². The Morgan fingerprint density at radius 3 is 2.67 bits per heavy atom. The predicted octanol–water partition coefficient (Wildman–Crippen LogP) is 1.89. The Balaban J connectivity index is 1.31. The maximum atomic E-state index is 12.8. The van der Waals surface area contributed by atoms with Crippen molar-refractivity contribution in [2.75, 3.05) is 26.3 Å². The fourth-order valence-corrected chi connectivity index (χ4v) is 4.58. The van der Waals surface area contributed by atoms with Crippen molar-refractivity contribution in [1.29, 1.82) is 0 Å². The highest BCUT2D eigenvalue weighted by atomic mass is 32.2. The van der Waals surface area contributed by atoms with Crippen molar-refractivity contribution < 1.29 is 26.8 Å². The zero-order valence-electron chi connectivity index (χ0n) is 14.1. The molecular weight excluding hydrogens is 374 g/mol. The monoisotopic (exact) mass is 389 g/mol. The number of rotatable bonds is 4. The summed E-state index contributed by atoms with van der Waals surface area (Å²) in [7, 11) is -3.62. The van der Waals surface area contributed by atoms with E-state index in [1.165, 1.54) is 22.7 Å². The molecule has 0 saturated carbocycles. The summed E-state index contributed by atoms with van der Waals surface area (Å²) < 4.78 is 48.4. The molecule has 1 aromatic carbocycles. The van der Waals surface area contributed by atoms with Crippen molar-refractivity contribution in [3.05, 3.63) is 42.5 Å². The lowest BCUT2D eigenvalue weighted by Crippen LogP contribution is -2.48. The van der Waals surface area contributed by atoms with Crippen molar-refractivity contribution in [3.63, 3.8) is 0 Å². The fraction of sp³-hybridized carbons (Fsp3) is 0.294. The zero-order chi connectivity index (χ0) is 18.4. The van der Waals surface area contributed by atoms with Crippen LogP contribution in [0.5, 0.6) is 11.5 Å². The third kappa shape index (κ3) is 2.77. The largest absolute Gasteiger partial charge is 0.486 e. The summed E-state index contributed by atoms with van der Waals surface area (Å²) in [5, 5.41) is 3.88. The molecule has 9 nitrogen and oxygen atoms in total. The van der Waals surface area contributed by atoms with E-state index < -0.39 is 10.0 Å². The lowest BCUT2D eigenvalue weighted by molar-refractivity contribution is 0.171. The zero-order valence-corrected chi connectivity index (χ0v) is 14.9. The lowest BCUT2D eigenvalue weighted by Gasteiger charge is -2.35. The lowest BCUT2D eigenvalue weighted by atomic mass is 10.0. The molecule has 0 radical (unpaired) electrons. The average molecular weight is 389 g/mol. The Hall–Kier alpha value is -2.85. The molecule has 0 atom stereocenters. The predicted molar refractivity (Wildman–Crippen MR) is 90.9 cm³/mol. The Morgan fingerprint density at radius 2 is 1.89 bits per heavy atom. The molecule has 0 unspecified atom stereocenters. The number of furan rings is 1. The summed E-state index contributed by atoms with van der Waals surface area (Å²) in [5.41, 5.74) is 0. The van der Waals surface area contributed by atoms with Crippen molar-refractivity contribution in [2.24, 2.45) is 0 Å². The van der Waals surface area contributed by atoms with Gasteiger partial charge in [-0.2, -0.15) is 9.29 Å². The van der Waals surface area contributed by atoms with Crippen LogP contribution < -0.4 is 9.47 Å². The molecule has 2 aliphatic heterocycles. The van der Waals surface area contributed by atoms with Gasteiger partial charge < -0.3 is 18.4 Å². The first-order valence-corrected chi connectivity index (χ1v) is 9.82. The maximum absolute atomic E-state index is 12.8. The summed E-state index contributed by atoms with van der Waals surface area (Å²) in [6, 6.07) is 8.10. The van der Waals surface area contributed by atoms with Gasteiger partial charge >= 0.3 is 0 Å². The van der Waals surface area contributed by atoms with E-state index >= 15 is 0 Å². The summed E-state index contributed by atoms with van der Waals surface area (Å²) in [4.78, 5) is 4.47. The van der Waals surface area contributed by atoms with Gasteiger partial charge in [0, 0.05) is 19.2 Å². The molecule has 4 heterocycles. The highest BCUT2D eigenvalue weighted by molar-refractivity contribution is 7.89. The van der Waals surface area contributed by atoms with Gasteiger partial charge in [-0.25, -0.2) is 8.42 Å². The SMILES string of the molecule is O=S(=O)(c1ccc2c(c1)OCCO2)N1CC(c2nc(-c3ccco3)no2)C1. The summed E-state index contributed by atoms with van der Waals surface area (Å²) in [6.45, 7) is 1.40. The van der Waals surface area contributed by atoms with Gasteiger partial charge in [0.2, 0.25) is 21.7 Å². The number of fused-ring (bicyclic) bond motifs is 1. The molecule has 1 fully saturated rings. The maximum Gasteiger partial charge on any atom is 0.243 e. The van der Waals surface area contributed by atoms with Gasteiger partial charge in [-0.3, -0.25) is 0 Å². The van der Waals surface area contributed by atoms with Gasteiger partial charge in [-0.1, -0.05) is 5.16 Å². The third-order valence-electron chi connectivity index (χ3n) is 4.53. The van der Waals surface area contributed by atoms with Crippen LogP contribution in [0, 0.1) is 0 Å². The molecule has 0 spiro atoms. The first kappa shape index (κ1) is 16.3. The second-order valence-electron chi connectivity index (χ2n) is 6.26. The molecule has 5 rings (SSSR count). The second-order valence-corrected chi connectivity index (χ2v) is 8.20. The molecule has 140 valence electrons. The van der Waals surface area contributed by atoms with Gasteiger partial charge in [-0.05, 0) is 24.3 Å². The van der Waals surface area contributed by atoms with Crippen LogP contribution in [0.1, 0.15) is 11.8 Å². The fourth-order valence-electron chi connectivity index (χ4n) is 3.03. The quantitative estimate of drug-likeness (QED) is 0.666. The van der Waals surface area contributed by atoms with Crippen LogP contribution in [-0.4, -0.2) is 49.2 Å². The number of hydrogen-bond donors (Lipinski definition) is 0. The van der Waals surface area contributed by atoms with Gasteiger partial charge in [0.25, 0.3) is 0 Å². The van der Waals surface area contributed by atoms with Crippen molar-refractivity contribution in [1.82, 2.24) is 14.4 Å². The highest BCUT2D eigenvalue weighted by Gasteiger charge is 2.40. The van der Waals surface area contributed by atoms with E-state index in [2.05, 4.69) is 10.1 Å². The smallest absolute Gasteiger partial charge is 0.243 e. The Bertz CT molecular complexity index is 1070. The molecule has 27 heavy (non-hydrogen) atoms. The van der Waals surface area contributed by atoms with Crippen LogP contribution in [0.25, 0.3) is 11.6 Å². The molecule has 3 aromatic rings. The topological polar surface area (TPSA) is 108 Å². The molecule has 0 bridgehead atoms. The van der Waals surface area contributed by atoms with Gasteiger partial charge in [-0.15, -0.1) is 0 Å². The van der Waals surface area contributed by atoms with Crippen LogP contribution in [0.2, 0.25) is 0 Å². The summed E-state index contributed by atoms with van der Waals surface area (Å²) in [5.74, 6) is 2.11. The summed E-state index contributed by atoms with van der Waals surface area (Å²) in [6.07, 6.45) is 1.52. The Labute approximate surface area is 154 Å². The third-order valence-corrected chi connectivity index (χ3v) is 6.36. The highest BCUT2D eigenvalue weighted by Crippen LogP contribution is 2.36. The van der Waals surface area contributed by atoms with E-state index in [1.807, 2.05) is 0 Å². The number of sulfonamides is 1. The normalized spacial score (nSPS) is 17.6. The summed E-state index contributed by atoms with van der Waals surface area (Å²) >= 11 is 0. The first-order chi connectivity index (χ1) is 13.1. The van der Waals surface area contributed by atoms with Crippen molar-refractivity contribution >= 4 is 10.0 Å². The Morgan fingerprint density at radius 1 is 1.07 bits per heavy atom. The Kier molecular flexibility index (Phi) is 3.69. The number of nitrogens with zero attached hydrogens (tertiary/aromatic N) is 3. The van der Waals surface area contributed by atoms with Crippen LogP contribution in [0.15, 0.2) is 50.4 Å². The molecule has 1 saturated heterocycles.